The highest BCUT2D eigenvalue weighted by atomic mass is 19.1. The highest BCUT2D eigenvalue weighted by Crippen LogP contribution is 2.17. The molecule has 0 spiro atoms. The number of para-hydroxylation sites is 2. The van der Waals surface area contributed by atoms with E-state index in [0.717, 1.165) is 47.8 Å². The third-order valence-corrected chi connectivity index (χ3v) is 5.48. The van der Waals surface area contributed by atoms with Crippen LogP contribution in [0.5, 0.6) is 0 Å². The Labute approximate surface area is 187 Å². The summed E-state index contributed by atoms with van der Waals surface area (Å²) in [6.45, 7) is 5.99. The predicted molar refractivity (Wildman–Crippen MR) is 126 cm³/mol. The SMILES string of the molecule is CN=C(NCCCn1c(C)nc2ccccc21)NCc1ccc(-n2ccnc2C)c(F)c1. The Balaban J connectivity index is 1.28. The second-order valence-electron chi connectivity index (χ2n) is 7.64. The normalized spacial score (nSPS) is 11.8. The number of benzene rings is 2. The number of rotatable bonds is 7. The number of nitrogens with zero attached hydrogens (tertiary/aromatic N) is 5. The fourth-order valence-electron chi connectivity index (χ4n) is 3.82. The summed E-state index contributed by atoms with van der Waals surface area (Å²) in [5, 5.41) is 6.57. The van der Waals surface area contributed by atoms with Crippen molar-refractivity contribution in [3.63, 3.8) is 0 Å². The fraction of sp³-hybridized carbons (Fsp3) is 0.292. The van der Waals surface area contributed by atoms with Crippen molar-refractivity contribution in [3.8, 4) is 5.69 Å². The van der Waals surface area contributed by atoms with E-state index in [2.05, 4.69) is 36.2 Å². The average Bonchev–Trinajstić information content (AvgIpc) is 3.35. The molecule has 0 unspecified atom stereocenters. The van der Waals surface area contributed by atoms with Crippen LogP contribution < -0.4 is 10.6 Å². The first kappa shape index (κ1) is 21.5. The van der Waals surface area contributed by atoms with Gasteiger partial charge in [-0.05, 0) is 50.1 Å². The van der Waals surface area contributed by atoms with Crippen LogP contribution in [-0.4, -0.2) is 38.7 Å². The number of aryl methyl sites for hydroxylation is 3. The largest absolute Gasteiger partial charge is 0.356 e. The monoisotopic (exact) mass is 433 g/mol. The zero-order chi connectivity index (χ0) is 22.5. The summed E-state index contributed by atoms with van der Waals surface area (Å²) in [4.78, 5) is 13.0. The maximum Gasteiger partial charge on any atom is 0.191 e. The summed E-state index contributed by atoms with van der Waals surface area (Å²) in [7, 11) is 1.73. The molecule has 0 aliphatic rings. The van der Waals surface area contributed by atoms with E-state index in [1.165, 1.54) is 0 Å². The molecule has 4 aromatic rings. The lowest BCUT2D eigenvalue weighted by molar-refractivity contribution is 0.612. The molecule has 0 fully saturated rings. The average molecular weight is 434 g/mol. The summed E-state index contributed by atoms with van der Waals surface area (Å²) in [5.41, 5.74) is 3.52. The van der Waals surface area contributed by atoms with E-state index in [1.54, 1.807) is 36.1 Å². The molecule has 0 saturated carbocycles. The Bertz CT molecular complexity index is 1240. The van der Waals surface area contributed by atoms with Gasteiger partial charge in [-0.15, -0.1) is 0 Å². The molecule has 0 aliphatic carbocycles. The Kier molecular flexibility index (Phi) is 6.49. The standard InChI is InChI=1S/C24H28FN7/c1-17-27-12-14-32(17)22-10-9-19(15-20(22)25)16-29-24(26-3)28-11-6-13-31-18(2)30-21-7-4-5-8-23(21)31/h4-5,7-10,12,14-15H,6,11,13,16H2,1-3H3,(H2,26,28,29). The molecular formula is C24H28FN7. The van der Waals surface area contributed by atoms with Crippen LogP contribution in [0, 0.1) is 19.7 Å². The van der Waals surface area contributed by atoms with Gasteiger partial charge >= 0.3 is 0 Å². The van der Waals surface area contributed by atoms with Crippen LogP contribution in [0.1, 0.15) is 23.6 Å². The van der Waals surface area contributed by atoms with Gasteiger partial charge in [0.05, 0.1) is 16.7 Å². The molecule has 7 nitrogen and oxygen atoms in total. The van der Waals surface area contributed by atoms with E-state index >= 15 is 0 Å². The molecule has 2 aromatic carbocycles. The molecule has 0 atom stereocenters. The van der Waals surface area contributed by atoms with E-state index in [4.69, 9.17) is 0 Å². The smallest absolute Gasteiger partial charge is 0.191 e. The molecule has 0 amide bonds. The summed E-state index contributed by atoms with van der Waals surface area (Å²) >= 11 is 0. The number of nitrogens with one attached hydrogen (secondary N) is 2. The van der Waals surface area contributed by atoms with Crippen molar-refractivity contribution in [1.82, 2.24) is 29.7 Å². The molecule has 0 radical (unpaired) electrons. The minimum atomic E-state index is -0.281. The number of aromatic nitrogens is 4. The second kappa shape index (κ2) is 9.64. The maximum atomic E-state index is 14.6. The van der Waals surface area contributed by atoms with Gasteiger partial charge in [-0.3, -0.25) is 4.99 Å². The number of guanidine groups is 1. The van der Waals surface area contributed by atoms with Crippen molar-refractivity contribution in [2.24, 2.45) is 4.99 Å². The summed E-state index contributed by atoms with van der Waals surface area (Å²) in [6.07, 6.45) is 4.34. The molecule has 2 aromatic heterocycles. The minimum Gasteiger partial charge on any atom is -0.356 e. The zero-order valence-electron chi connectivity index (χ0n) is 18.6. The third kappa shape index (κ3) is 4.64. The summed E-state index contributed by atoms with van der Waals surface area (Å²) < 4.78 is 18.6. The highest BCUT2D eigenvalue weighted by molar-refractivity contribution is 5.79. The van der Waals surface area contributed by atoms with Gasteiger partial charge in [0, 0.05) is 39.1 Å². The molecule has 8 heteroatoms. The number of aliphatic imine (C=N–C) groups is 1. The van der Waals surface area contributed by atoms with Crippen LogP contribution in [0.15, 0.2) is 59.9 Å². The molecule has 32 heavy (non-hydrogen) atoms. The Morgan fingerprint density at radius 2 is 1.94 bits per heavy atom. The van der Waals surface area contributed by atoms with Crippen LogP contribution in [0.25, 0.3) is 16.7 Å². The van der Waals surface area contributed by atoms with Crippen molar-refractivity contribution < 1.29 is 4.39 Å². The maximum absolute atomic E-state index is 14.6. The van der Waals surface area contributed by atoms with Gasteiger partial charge in [-0.1, -0.05) is 18.2 Å². The van der Waals surface area contributed by atoms with Crippen molar-refractivity contribution in [1.29, 1.82) is 0 Å². The summed E-state index contributed by atoms with van der Waals surface area (Å²) in [5.74, 6) is 2.17. The quantitative estimate of drug-likeness (QED) is 0.265. The van der Waals surface area contributed by atoms with Gasteiger partial charge in [0.2, 0.25) is 0 Å². The first-order chi connectivity index (χ1) is 15.6. The van der Waals surface area contributed by atoms with Crippen LogP contribution in [-0.2, 0) is 13.1 Å². The van der Waals surface area contributed by atoms with Gasteiger partial charge in [-0.25, -0.2) is 14.4 Å². The molecule has 2 heterocycles. The molecule has 0 aliphatic heterocycles. The predicted octanol–water partition coefficient (Wildman–Crippen LogP) is 3.73. The Hall–Kier alpha value is -3.68. The lowest BCUT2D eigenvalue weighted by Crippen LogP contribution is -2.37. The minimum absolute atomic E-state index is 0.281. The van der Waals surface area contributed by atoms with Gasteiger partial charge < -0.3 is 19.8 Å². The van der Waals surface area contributed by atoms with E-state index in [1.807, 2.05) is 38.1 Å². The van der Waals surface area contributed by atoms with Crippen LogP contribution in [0.2, 0.25) is 0 Å². The number of fused-ring (bicyclic) bond motifs is 1. The molecule has 166 valence electrons. The lowest BCUT2D eigenvalue weighted by atomic mass is 10.2. The first-order valence-corrected chi connectivity index (χ1v) is 10.7. The van der Waals surface area contributed by atoms with Crippen molar-refractivity contribution >= 4 is 17.0 Å². The van der Waals surface area contributed by atoms with Crippen molar-refractivity contribution in [3.05, 3.63) is 77.9 Å². The molecule has 0 saturated heterocycles. The Morgan fingerprint density at radius 1 is 1.09 bits per heavy atom. The van der Waals surface area contributed by atoms with Crippen molar-refractivity contribution in [2.75, 3.05) is 13.6 Å². The van der Waals surface area contributed by atoms with E-state index in [9.17, 15) is 4.39 Å². The molecule has 2 N–H and O–H groups in total. The van der Waals surface area contributed by atoms with Crippen LogP contribution in [0.3, 0.4) is 0 Å². The third-order valence-electron chi connectivity index (χ3n) is 5.48. The highest BCUT2D eigenvalue weighted by Gasteiger charge is 2.09. The summed E-state index contributed by atoms with van der Waals surface area (Å²) in [6, 6.07) is 13.4. The van der Waals surface area contributed by atoms with E-state index < -0.39 is 0 Å². The van der Waals surface area contributed by atoms with Gasteiger partial charge in [0.1, 0.15) is 17.5 Å². The number of halogens is 1. The van der Waals surface area contributed by atoms with Gasteiger partial charge in [0.25, 0.3) is 0 Å². The van der Waals surface area contributed by atoms with Gasteiger partial charge in [-0.2, -0.15) is 0 Å². The lowest BCUT2D eigenvalue weighted by Gasteiger charge is -2.13. The number of hydrogen-bond donors (Lipinski definition) is 2. The fourth-order valence-corrected chi connectivity index (χ4v) is 3.82. The topological polar surface area (TPSA) is 72.1 Å². The van der Waals surface area contributed by atoms with Crippen LogP contribution in [0.4, 0.5) is 4.39 Å². The van der Waals surface area contributed by atoms with Crippen molar-refractivity contribution in [2.45, 2.75) is 33.4 Å². The first-order valence-electron chi connectivity index (χ1n) is 10.7. The number of hydrogen-bond acceptors (Lipinski definition) is 3. The zero-order valence-corrected chi connectivity index (χ0v) is 18.6. The number of imidazole rings is 2. The van der Waals surface area contributed by atoms with Gasteiger partial charge in [0.15, 0.2) is 5.96 Å². The molecule has 4 rings (SSSR count). The molecule has 0 bridgehead atoms. The Morgan fingerprint density at radius 3 is 2.69 bits per heavy atom. The van der Waals surface area contributed by atoms with E-state index in [0.29, 0.717) is 18.2 Å². The molecular weight excluding hydrogens is 405 g/mol. The second-order valence-corrected chi connectivity index (χ2v) is 7.64. The van der Waals surface area contributed by atoms with E-state index in [-0.39, 0.29) is 5.82 Å². The van der Waals surface area contributed by atoms with Crippen LogP contribution >= 0.6 is 0 Å².